The van der Waals surface area contributed by atoms with E-state index in [1.807, 2.05) is 18.2 Å². The minimum atomic E-state index is -0.157. The van der Waals surface area contributed by atoms with Crippen molar-refractivity contribution >= 4 is 10.9 Å². The first kappa shape index (κ1) is 27.1. The number of benzene rings is 1. The number of rotatable bonds is 18. The smallest absolute Gasteiger partial charge is 0.297 e. The molecule has 0 bridgehead atoms. The summed E-state index contributed by atoms with van der Waals surface area (Å²) in [5.74, 6) is 1.69. The number of nitrogens with zero attached hydrogens (tertiary/aromatic N) is 1. The van der Waals surface area contributed by atoms with E-state index in [0.29, 0.717) is 31.3 Å². The van der Waals surface area contributed by atoms with E-state index in [4.69, 9.17) is 14.2 Å². The fourth-order valence-corrected chi connectivity index (χ4v) is 3.92. The lowest BCUT2D eigenvalue weighted by Crippen LogP contribution is -2.21. The molecule has 5 heteroatoms. The molecule has 2 rings (SSSR count). The molecule has 0 aliphatic rings. The van der Waals surface area contributed by atoms with Gasteiger partial charge in [-0.15, -0.1) is 0 Å². The van der Waals surface area contributed by atoms with Crippen molar-refractivity contribution in [3.63, 3.8) is 0 Å². The lowest BCUT2D eigenvalue weighted by Gasteiger charge is -2.18. The zero-order valence-corrected chi connectivity index (χ0v) is 21.4. The fourth-order valence-electron chi connectivity index (χ4n) is 3.92. The second-order valence-electron chi connectivity index (χ2n) is 8.93. The summed E-state index contributed by atoms with van der Waals surface area (Å²) in [6.07, 6.45) is 13.8. The lowest BCUT2D eigenvalue weighted by molar-refractivity contribution is 0.259. The number of aromatic nitrogens is 1. The highest BCUT2D eigenvalue weighted by atomic mass is 16.5. The molecule has 1 heterocycles. The molecule has 1 aromatic heterocycles. The van der Waals surface area contributed by atoms with Gasteiger partial charge in [0.2, 0.25) is 5.75 Å². The number of unbranched alkanes of at least 4 members (excludes halogenated alkanes) is 9. The molecule has 0 amide bonds. The molecule has 0 unspecified atom stereocenters. The number of fused-ring (bicyclic) bond motifs is 1. The highest BCUT2D eigenvalue weighted by molar-refractivity contribution is 5.89. The van der Waals surface area contributed by atoms with Crippen molar-refractivity contribution in [1.82, 2.24) is 4.57 Å². The Labute approximate surface area is 200 Å². The number of hydrogen-bond donors (Lipinski definition) is 0. The maximum Gasteiger partial charge on any atom is 0.297 e. The summed E-state index contributed by atoms with van der Waals surface area (Å²) >= 11 is 0. The summed E-state index contributed by atoms with van der Waals surface area (Å²) in [4.78, 5) is 13.1. The van der Waals surface area contributed by atoms with E-state index in [9.17, 15) is 4.79 Å². The van der Waals surface area contributed by atoms with E-state index in [-0.39, 0.29) is 5.56 Å². The number of pyridine rings is 1. The van der Waals surface area contributed by atoms with Crippen molar-refractivity contribution in [2.75, 3.05) is 19.8 Å². The van der Waals surface area contributed by atoms with Crippen molar-refractivity contribution < 1.29 is 14.2 Å². The Morgan fingerprint density at radius 3 is 1.91 bits per heavy atom. The maximum absolute atomic E-state index is 13.1. The van der Waals surface area contributed by atoms with Crippen LogP contribution in [-0.4, -0.2) is 24.4 Å². The van der Waals surface area contributed by atoms with Gasteiger partial charge < -0.3 is 18.8 Å². The van der Waals surface area contributed by atoms with Crippen molar-refractivity contribution in [1.29, 1.82) is 0 Å². The Hall–Kier alpha value is -2.17. The third-order valence-corrected chi connectivity index (χ3v) is 6.04. The van der Waals surface area contributed by atoms with Crippen LogP contribution in [0.3, 0.4) is 0 Å². The van der Waals surface area contributed by atoms with Gasteiger partial charge in [-0.2, -0.15) is 0 Å². The molecule has 0 aliphatic carbocycles. The Balaban J connectivity index is 2.18. The molecule has 0 saturated carbocycles. The molecule has 186 valence electrons. The van der Waals surface area contributed by atoms with Crippen LogP contribution < -0.4 is 19.8 Å². The van der Waals surface area contributed by atoms with Gasteiger partial charge in [0.25, 0.3) is 5.56 Å². The summed E-state index contributed by atoms with van der Waals surface area (Å²) < 4.78 is 19.8. The second-order valence-corrected chi connectivity index (χ2v) is 8.93. The zero-order valence-electron chi connectivity index (χ0n) is 21.4. The largest absolute Gasteiger partial charge is 0.494 e. The van der Waals surface area contributed by atoms with Crippen molar-refractivity contribution in [3.8, 4) is 17.2 Å². The van der Waals surface area contributed by atoms with Crippen LogP contribution in [0.2, 0.25) is 0 Å². The molecule has 0 aliphatic heterocycles. The molecule has 0 saturated heterocycles. The Morgan fingerprint density at radius 2 is 1.21 bits per heavy atom. The van der Waals surface area contributed by atoms with Crippen LogP contribution >= 0.6 is 0 Å². The lowest BCUT2D eigenvalue weighted by atomic mass is 10.1. The van der Waals surface area contributed by atoms with Gasteiger partial charge in [0.05, 0.1) is 25.3 Å². The van der Waals surface area contributed by atoms with Gasteiger partial charge in [-0.25, -0.2) is 0 Å². The van der Waals surface area contributed by atoms with Crippen LogP contribution in [0.15, 0.2) is 23.0 Å². The van der Waals surface area contributed by atoms with Gasteiger partial charge in [-0.05, 0) is 31.4 Å². The second kappa shape index (κ2) is 15.6. The summed E-state index contributed by atoms with van der Waals surface area (Å²) in [5.41, 5.74) is 0.655. The summed E-state index contributed by atoms with van der Waals surface area (Å²) in [5, 5.41) is 0.894. The first-order valence-electron chi connectivity index (χ1n) is 13.2. The zero-order chi connectivity index (χ0) is 23.9. The molecule has 5 nitrogen and oxygen atoms in total. The van der Waals surface area contributed by atoms with E-state index in [1.165, 1.54) is 44.9 Å². The van der Waals surface area contributed by atoms with Crippen LogP contribution in [0.1, 0.15) is 97.8 Å². The predicted octanol–water partition coefficient (Wildman–Crippen LogP) is 7.42. The van der Waals surface area contributed by atoms with Crippen LogP contribution in [-0.2, 0) is 7.05 Å². The normalized spacial score (nSPS) is 11.2. The van der Waals surface area contributed by atoms with Gasteiger partial charge >= 0.3 is 0 Å². The van der Waals surface area contributed by atoms with Crippen molar-refractivity contribution in [2.24, 2.45) is 7.05 Å². The van der Waals surface area contributed by atoms with E-state index in [1.54, 1.807) is 11.6 Å². The van der Waals surface area contributed by atoms with Gasteiger partial charge in [-0.1, -0.05) is 78.6 Å². The third-order valence-electron chi connectivity index (χ3n) is 6.04. The number of ether oxygens (including phenoxy) is 3. The van der Waals surface area contributed by atoms with Crippen LogP contribution in [0, 0.1) is 0 Å². The van der Waals surface area contributed by atoms with Crippen molar-refractivity contribution in [3.05, 3.63) is 28.6 Å². The molecule has 0 spiro atoms. The van der Waals surface area contributed by atoms with E-state index in [0.717, 1.165) is 48.8 Å². The highest BCUT2D eigenvalue weighted by Crippen LogP contribution is 2.34. The molecular formula is C28H45NO4. The van der Waals surface area contributed by atoms with Gasteiger partial charge in [0.1, 0.15) is 5.75 Å². The highest BCUT2D eigenvalue weighted by Gasteiger charge is 2.19. The third kappa shape index (κ3) is 8.60. The Morgan fingerprint density at radius 1 is 0.667 bits per heavy atom. The summed E-state index contributed by atoms with van der Waals surface area (Å²) in [7, 11) is 1.79. The number of aryl methyl sites for hydroxylation is 1. The average Bonchev–Trinajstić information content (AvgIpc) is 2.83. The number of hydrogen-bond acceptors (Lipinski definition) is 4. The fraction of sp³-hybridized carbons (Fsp3) is 0.679. The van der Waals surface area contributed by atoms with Crippen LogP contribution in [0.25, 0.3) is 10.9 Å². The SMILES string of the molecule is CCCCCCCCOc1ccc2c(OCCCCCC)c(OCCCC)c(=O)n(C)c2c1. The molecular weight excluding hydrogens is 414 g/mol. The molecule has 33 heavy (non-hydrogen) atoms. The van der Waals surface area contributed by atoms with E-state index >= 15 is 0 Å². The van der Waals surface area contributed by atoms with E-state index < -0.39 is 0 Å². The van der Waals surface area contributed by atoms with Gasteiger partial charge in [-0.3, -0.25) is 4.79 Å². The van der Waals surface area contributed by atoms with Gasteiger partial charge in [0, 0.05) is 18.5 Å². The molecule has 0 atom stereocenters. The maximum atomic E-state index is 13.1. The minimum absolute atomic E-state index is 0.157. The summed E-state index contributed by atoms with van der Waals surface area (Å²) in [6, 6.07) is 5.93. The molecule has 2 aromatic rings. The molecule has 0 radical (unpaired) electrons. The Kier molecular flexibility index (Phi) is 12.8. The molecule has 0 fully saturated rings. The quantitative estimate of drug-likeness (QED) is 0.218. The van der Waals surface area contributed by atoms with Crippen LogP contribution in [0.4, 0.5) is 0 Å². The van der Waals surface area contributed by atoms with Crippen LogP contribution in [0.5, 0.6) is 17.2 Å². The van der Waals surface area contributed by atoms with Gasteiger partial charge in [0.15, 0.2) is 5.75 Å². The van der Waals surface area contributed by atoms with E-state index in [2.05, 4.69) is 20.8 Å². The predicted molar refractivity (Wildman–Crippen MR) is 138 cm³/mol. The molecule has 0 N–H and O–H groups in total. The standard InChI is InChI=1S/C28H45NO4/c1-5-8-11-13-14-16-20-31-23-17-18-24-25(22-23)29(4)28(30)27(33-19-10-7-3)26(24)32-21-15-12-9-6-2/h17-18,22H,5-16,19-21H2,1-4H3. The summed E-state index contributed by atoms with van der Waals surface area (Å²) in [6.45, 7) is 8.34. The minimum Gasteiger partial charge on any atom is -0.494 e. The monoisotopic (exact) mass is 459 g/mol. The average molecular weight is 460 g/mol. The first-order valence-corrected chi connectivity index (χ1v) is 13.2. The topological polar surface area (TPSA) is 49.7 Å². The van der Waals surface area contributed by atoms with Crippen molar-refractivity contribution in [2.45, 2.75) is 97.8 Å². The molecule has 1 aromatic carbocycles. The Bertz CT molecular complexity index is 874. The first-order chi connectivity index (χ1) is 16.1.